The summed E-state index contributed by atoms with van der Waals surface area (Å²) in [6.45, 7) is 7.69. The second-order valence-electron chi connectivity index (χ2n) is 8.41. The van der Waals surface area contributed by atoms with Crippen LogP contribution in [-0.2, 0) is 4.74 Å². The number of hydrogen-bond acceptors (Lipinski definition) is 4. The normalized spacial score (nSPS) is 33.5. The van der Waals surface area contributed by atoms with Crippen LogP contribution in [0, 0.1) is 5.41 Å². The first-order valence-electron chi connectivity index (χ1n) is 10.1. The van der Waals surface area contributed by atoms with Crippen molar-refractivity contribution in [3.05, 3.63) is 0 Å². The molecule has 0 aromatic heterocycles. The number of likely N-dealkylation sites (tertiary alicyclic amines) is 1. The van der Waals surface area contributed by atoms with E-state index in [1.807, 2.05) is 7.05 Å². The maximum absolute atomic E-state index is 5.68. The highest BCUT2D eigenvalue weighted by Gasteiger charge is 2.43. The quantitative estimate of drug-likeness (QED) is 0.611. The Morgan fingerprint density at radius 3 is 2.60 bits per heavy atom. The van der Waals surface area contributed by atoms with Gasteiger partial charge in [-0.2, -0.15) is 11.8 Å². The Kier molecular flexibility index (Phi) is 5.49. The fourth-order valence-corrected chi connectivity index (χ4v) is 6.24. The van der Waals surface area contributed by atoms with Gasteiger partial charge in [-0.25, -0.2) is 0 Å². The van der Waals surface area contributed by atoms with Crippen molar-refractivity contribution in [2.24, 2.45) is 10.4 Å². The molecular formula is C19H34N4OS. The van der Waals surface area contributed by atoms with E-state index in [0.29, 0.717) is 11.0 Å². The maximum atomic E-state index is 5.68. The molecule has 6 heteroatoms. The molecule has 0 bridgehead atoms. The van der Waals surface area contributed by atoms with Crippen LogP contribution in [0.3, 0.4) is 0 Å². The van der Waals surface area contributed by atoms with Crippen LogP contribution in [0.5, 0.6) is 0 Å². The summed E-state index contributed by atoms with van der Waals surface area (Å²) in [5.74, 6) is 3.71. The van der Waals surface area contributed by atoms with Crippen LogP contribution in [0.2, 0.25) is 0 Å². The molecule has 5 nitrogen and oxygen atoms in total. The number of guanidine groups is 1. The van der Waals surface area contributed by atoms with Crippen LogP contribution in [0.15, 0.2) is 4.99 Å². The Morgan fingerprint density at radius 2 is 1.92 bits per heavy atom. The molecule has 4 rings (SSSR count). The molecule has 1 aliphatic carbocycles. The zero-order valence-electron chi connectivity index (χ0n) is 15.8. The van der Waals surface area contributed by atoms with E-state index in [0.717, 1.165) is 38.8 Å². The molecule has 1 unspecified atom stereocenters. The minimum atomic E-state index is 0.366. The topological polar surface area (TPSA) is 40.1 Å². The summed E-state index contributed by atoms with van der Waals surface area (Å²) in [7, 11) is 1.94. The van der Waals surface area contributed by atoms with Gasteiger partial charge in [-0.15, -0.1) is 0 Å². The first-order valence-corrected chi connectivity index (χ1v) is 11.3. The molecule has 3 saturated heterocycles. The predicted molar refractivity (Wildman–Crippen MR) is 106 cm³/mol. The van der Waals surface area contributed by atoms with Crippen molar-refractivity contribution < 1.29 is 4.74 Å². The van der Waals surface area contributed by atoms with Crippen LogP contribution >= 0.6 is 11.8 Å². The molecule has 0 aromatic carbocycles. The summed E-state index contributed by atoms with van der Waals surface area (Å²) in [6.07, 6.45) is 7.93. The summed E-state index contributed by atoms with van der Waals surface area (Å²) in [6, 6.07) is 0. The Bertz CT molecular complexity index is 480. The smallest absolute Gasteiger partial charge is 0.193 e. The lowest BCUT2D eigenvalue weighted by molar-refractivity contribution is 0.106. The second-order valence-corrected chi connectivity index (χ2v) is 9.63. The van der Waals surface area contributed by atoms with E-state index < -0.39 is 0 Å². The Morgan fingerprint density at radius 1 is 1.12 bits per heavy atom. The van der Waals surface area contributed by atoms with E-state index in [1.165, 1.54) is 63.1 Å². The standard InChI is InChI=1S/C19H34N4OS/c1-20-17(22-8-6-18(15-22)7-11-24-16-18)21-14-19(4-2-3-5-19)23-9-12-25-13-10-23/h2-16H2,1H3,(H,20,21). The fourth-order valence-electron chi connectivity index (χ4n) is 5.34. The van der Waals surface area contributed by atoms with Gasteiger partial charge in [0.25, 0.3) is 0 Å². The lowest BCUT2D eigenvalue weighted by Crippen LogP contribution is -2.58. The number of nitrogens with one attached hydrogen (secondary N) is 1. The minimum Gasteiger partial charge on any atom is -0.381 e. The SMILES string of the molecule is CN=C(NCC1(N2CCSCC2)CCCC1)N1CCC2(CCOC2)C1. The van der Waals surface area contributed by atoms with E-state index in [-0.39, 0.29) is 0 Å². The number of ether oxygens (including phenoxy) is 1. The van der Waals surface area contributed by atoms with E-state index in [4.69, 9.17) is 4.74 Å². The van der Waals surface area contributed by atoms with Crippen LogP contribution in [-0.4, -0.2) is 85.8 Å². The van der Waals surface area contributed by atoms with Crippen LogP contribution in [0.4, 0.5) is 0 Å². The van der Waals surface area contributed by atoms with Gasteiger partial charge in [0.15, 0.2) is 5.96 Å². The molecule has 4 aliphatic rings. The van der Waals surface area contributed by atoms with E-state index in [1.54, 1.807) is 0 Å². The van der Waals surface area contributed by atoms with Gasteiger partial charge in [0.05, 0.1) is 6.61 Å². The summed E-state index contributed by atoms with van der Waals surface area (Å²) in [5, 5.41) is 3.78. The van der Waals surface area contributed by atoms with Gasteiger partial charge < -0.3 is 15.0 Å². The molecule has 0 amide bonds. The highest BCUT2D eigenvalue weighted by atomic mass is 32.2. The van der Waals surface area contributed by atoms with Crippen molar-refractivity contribution in [3.8, 4) is 0 Å². The molecule has 1 N–H and O–H groups in total. The zero-order valence-corrected chi connectivity index (χ0v) is 16.6. The predicted octanol–water partition coefficient (Wildman–Crippen LogP) is 2.04. The van der Waals surface area contributed by atoms with E-state index in [2.05, 4.69) is 31.9 Å². The van der Waals surface area contributed by atoms with Gasteiger partial charge in [-0.3, -0.25) is 9.89 Å². The van der Waals surface area contributed by atoms with Crippen molar-refractivity contribution in [3.63, 3.8) is 0 Å². The highest BCUT2D eigenvalue weighted by molar-refractivity contribution is 7.99. The summed E-state index contributed by atoms with van der Waals surface area (Å²) < 4.78 is 5.68. The number of nitrogens with zero attached hydrogens (tertiary/aromatic N) is 3. The lowest BCUT2D eigenvalue weighted by atomic mass is 9.87. The highest BCUT2D eigenvalue weighted by Crippen LogP contribution is 2.39. The molecule has 0 radical (unpaired) electrons. The molecule has 3 heterocycles. The summed E-state index contributed by atoms with van der Waals surface area (Å²) >= 11 is 2.11. The van der Waals surface area contributed by atoms with Crippen molar-refractivity contribution >= 4 is 17.7 Å². The van der Waals surface area contributed by atoms with Gasteiger partial charge >= 0.3 is 0 Å². The van der Waals surface area contributed by atoms with Gasteiger partial charge in [0.1, 0.15) is 0 Å². The minimum absolute atomic E-state index is 0.366. The van der Waals surface area contributed by atoms with Crippen LogP contribution in [0.25, 0.3) is 0 Å². The third-order valence-corrected chi connectivity index (χ3v) is 7.87. The van der Waals surface area contributed by atoms with Crippen molar-refractivity contribution in [1.82, 2.24) is 15.1 Å². The third kappa shape index (κ3) is 3.67. The van der Waals surface area contributed by atoms with Crippen molar-refractivity contribution in [1.29, 1.82) is 0 Å². The third-order valence-electron chi connectivity index (χ3n) is 6.93. The van der Waals surface area contributed by atoms with E-state index >= 15 is 0 Å². The summed E-state index contributed by atoms with van der Waals surface area (Å²) in [4.78, 5) is 9.89. The fraction of sp³-hybridized carbons (Fsp3) is 0.947. The Hall–Kier alpha value is -0.460. The molecule has 1 atom stereocenters. The van der Waals surface area contributed by atoms with Crippen LogP contribution < -0.4 is 5.32 Å². The monoisotopic (exact) mass is 366 g/mol. The number of rotatable bonds is 3. The number of hydrogen-bond donors (Lipinski definition) is 1. The Labute approximate surface area is 156 Å². The van der Waals surface area contributed by atoms with Gasteiger partial charge in [0.2, 0.25) is 0 Å². The Balaban J connectivity index is 1.38. The first-order chi connectivity index (χ1) is 12.3. The average Bonchev–Trinajstić information content (AvgIpc) is 3.40. The first kappa shape index (κ1) is 17.9. The molecule has 4 fully saturated rings. The summed E-state index contributed by atoms with van der Waals surface area (Å²) in [5.41, 5.74) is 0.761. The molecule has 1 saturated carbocycles. The van der Waals surface area contributed by atoms with Gasteiger partial charge in [0, 0.05) is 68.8 Å². The molecule has 3 aliphatic heterocycles. The molecule has 0 aromatic rings. The maximum Gasteiger partial charge on any atom is 0.193 e. The molecule has 142 valence electrons. The molecule has 25 heavy (non-hydrogen) atoms. The van der Waals surface area contributed by atoms with Crippen molar-refractivity contribution in [2.45, 2.75) is 44.1 Å². The average molecular weight is 367 g/mol. The van der Waals surface area contributed by atoms with Crippen molar-refractivity contribution in [2.75, 3.05) is 64.5 Å². The van der Waals surface area contributed by atoms with E-state index in [9.17, 15) is 0 Å². The van der Waals surface area contributed by atoms with Crippen LogP contribution in [0.1, 0.15) is 38.5 Å². The lowest BCUT2D eigenvalue weighted by Gasteiger charge is -2.44. The second kappa shape index (κ2) is 7.65. The number of aliphatic imine (C=N–C) groups is 1. The number of thioether (sulfide) groups is 1. The van der Waals surface area contributed by atoms with Gasteiger partial charge in [-0.1, -0.05) is 12.8 Å². The molecule has 1 spiro atoms. The zero-order chi connectivity index (χ0) is 17.2. The van der Waals surface area contributed by atoms with Gasteiger partial charge in [-0.05, 0) is 25.7 Å². The largest absolute Gasteiger partial charge is 0.381 e. The molecular weight excluding hydrogens is 332 g/mol.